The first kappa shape index (κ1) is 13.3. The van der Waals surface area contributed by atoms with Crippen molar-refractivity contribution in [1.29, 1.82) is 0 Å². The molecular weight excluding hydrogens is 248 g/mol. The maximum Gasteiger partial charge on any atom is 0.311 e. The van der Waals surface area contributed by atoms with Crippen LogP contribution in [0.3, 0.4) is 0 Å². The van der Waals surface area contributed by atoms with Crippen molar-refractivity contribution in [3.05, 3.63) is 23.8 Å². The number of benzene rings is 1. The molecule has 0 amide bonds. The Hall–Kier alpha value is -1.16. The average molecular weight is 266 g/mol. The smallest absolute Gasteiger partial charge is 0.311 e. The van der Waals surface area contributed by atoms with E-state index >= 15 is 0 Å². The van der Waals surface area contributed by atoms with Gasteiger partial charge in [-0.25, -0.2) is 0 Å². The molecule has 0 bridgehead atoms. The first-order valence-electron chi connectivity index (χ1n) is 6.34. The van der Waals surface area contributed by atoms with Crippen LogP contribution in [-0.4, -0.2) is 23.4 Å². The molecule has 0 saturated carbocycles. The maximum atomic E-state index is 11.2. The molecule has 3 nitrogen and oxygen atoms in total. The summed E-state index contributed by atoms with van der Waals surface area (Å²) in [4.78, 5) is 12.2. The summed E-state index contributed by atoms with van der Waals surface area (Å²) in [5.74, 6) is 0.630. The lowest BCUT2D eigenvalue weighted by Gasteiger charge is -2.22. The molecule has 0 radical (unpaired) electrons. The Morgan fingerprint density at radius 3 is 3.11 bits per heavy atom. The largest absolute Gasteiger partial charge is 0.494 e. The number of carboxylic acids is 1. The molecule has 0 aliphatic carbocycles. The van der Waals surface area contributed by atoms with E-state index in [9.17, 15) is 9.90 Å². The summed E-state index contributed by atoms with van der Waals surface area (Å²) >= 11 is 1.72. The van der Waals surface area contributed by atoms with Crippen molar-refractivity contribution in [1.82, 2.24) is 0 Å². The Labute approximate surface area is 112 Å². The third-order valence-corrected chi connectivity index (χ3v) is 4.19. The number of rotatable bonds is 5. The van der Waals surface area contributed by atoms with E-state index in [0.717, 1.165) is 41.4 Å². The third-order valence-electron chi connectivity index (χ3n) is 3.09. The SMILES string of the molecule is CCCCOc1ccc2c(c1)SCCC2C(=O)O. The molecule has 1 aromatic rings. The molecule has 1 N–H and O–H groups in total. The predicted molar refractivity (Wildman–Crippen MR) is 72.6 cm³/mol. The number of carboxylic acid groups (broad SMARTS) is 1. The van der Waals surface area contributed by atoms with Crippen LogP contribution in [0.4, 0.5) is 0 Å². The number of hydrogen-bond acceptors (Lipinski definition) is 3. The van der Waals surface area contributed by atoms with Crippen molar-refractivity contribution >= 4 is 17.7 Å². The molecule has 1 aliphatic heterocycles. The highest BCUT2D eigenvalue weighted by Gasteiger charge is 2.26. The zero-order valence-electron chi connectivity index (χ0n) is 10.5. The quantitative estimate of drug-likeness (QED) is 0.828. The summed E-state index contributed by atoms with van der Waals surface area (Å²) in [6.45, 7) is 2.85. The van der Waals surface area contributed by atoms with Crippen molar-refractivity contribution in [3.63, 3.8) is 0 Å². The van der Waals surface area contributed by atoms with Crippen LogP contribution in [0.2, 0.25) is 0 Å². The summed E-state index contributed by atoms with van der Waals surface area (Å²) in [7, 11) is 0. The van der Waals surface area contributed by atoms with E-state index in [1.807, 2.05) is 18.2 Å². The number of aliphatic carboxylic acids is 1. The van der Waals surface area contributed by atoms with Crippen LogP contribution in [0, 0.1) is 0 Å². The van der Waals surface area contributed by atoms with Gasteiger partial charge in [-0.05, 0) is 36.3 Å². The molecule has 1 aliphatic rings. The van der Waals surface area contributed by atoms with Crippen LogP contribution in [-0.2, 0) is 4.79 Å². The molecule has 4 heteroatoms. The van der Waals surface area contributed by atoms with E-state index in [-0.39, 0.29) is 5.92 Å². The van der Waals surface area contributed by atoms with Crippen LogP contribution in [0.15, 0.2) is 23.1 Å². The van der Waals surface area contributed by atoms with Gasteiger partial charge in [0.05, 0.1) is 12.5 Å². The summed E-state index contributed by atoms with van der Waals surface area (Å²) in [6, 6.07) is 5.77. The zero-order valence-corrected chi connectivity index (χ0v) is 11.3. The lowest BCUT2D eigenvalue weighted by atomic mass is 9.96. The molecular formula is C14H18O3S. The van der Waals surface area contributed by atoms with E-state index in [0.29, 0.717) is 6.42 Å². The van der Waals surface area contributed by atoms with Crippen molar-refractivity contribution in [2.24, 2.45) is 0 Å². The Morgan fingerprint density at radius 1 is 1.56 bits per heavy atom. The summed E-state index contributed by atoms with van der Waals surface area (Å²) in [5, 5.41) is 9.19. The molecule has 1 atom stereocenters. The van der Waals surface area contributed by atoms with Gasteiger partial charge in [-0.2, -0.15) is 0 Å². The van der Waals surface area contributed by atoms with E-state index in [2.05, 4.69) is 6.92 Å². The standard InChI is InChI=1S/C14H18O3S/c1-2-3-7-17-10-4-5-11-12(14(15)16)6-8-18-13(11)9-10/h4-5,9,12H,2-3,6-8H2,1H3,(H,15,16). The lowest BCUT2D eigenvalue weighted by molar-refractivity contribution is -0.138. The van der Waals surface area contributed by atoms with Gasteiger partial charge in [0, 0.05) is 4.90 Å². The zero-order chi connectivity index (χ0) is 13.0. The van der Waals surface area contributed by atoms with Crippen molar-refractivity contribution in [3.8, 4) is 5.75 Å². The van der Waals surface area contributed by atoms with Gasteiger partial charge in [0.15, 0.2) is 0 Å². The molecule has 0 aromatic heterocycles. The average Bonchev–Trinajstić information content (AvgIpc) is 2.38. The Morgan fingerprint density at radius 2 is 2.39 bits per heavy atom. The van der Waals surface area contributed by atoms with E-state index < -0.39 is 5.97 Å². The van der Waals surface area contributed by atoms with Crippen LogP contribution < -0.4 is 4.74 Å². The topological polar surface area (TPSA) is 46.5 Å². The summed E-state index contributed by atoms with van der Waals surface area (Å²) in [5.41, 5.74) is 0.932. The molecule has 0 saturated heterocycles. The number of hydrogen-bond donors (Lipinski definition) is 1. The predicted octanol–water partition coefficient (Wildman–Crippen LogP) is 3.53. The number of thioether (sulfide) groups is 1. The minimum Gasteiger partial charge on any atom is -0.494 e. The van der Waals surface area contributed by atoms with E-state index in [1.165, 1.54) is 0 Å². The van der Waals surface area contributed by atoms with Gasteiger partial charge >= 0.3 is 5.97 Å². The minimum absolute atomic E-state index is 0.356. The van der Waals surface area contributed by atoms with Gasteiger partial charge in [-0.1, -0.05) is 19.4 Å². The molecule has 98 valence electrons. The highest BCUT2D eigenvalue weighted by atomic mass is 32.2. The molecule has 18 heavy (non-hydrogen) atoms. The Balaban J connectivity index is 2.14. The molecule has 0 spiro atoms. The normalized spacial score (nSPS) is 18.2. The Kier molecular flexibility index (Phi) is 4.53. The second kappa shape index (κ2) is 6.14. The fourth-order valence-electron chi connectivity index (χ4n) is 2.05. The molecule has 1 unspecified atom stereocenters. The molecule has 1 aromatic carbocycles. The van der Waals surface area contributed by atoms with E-state index in [4.69, 9.17) is 4.74 Å². The second-order valence-electron chi connectivity index (χ2n) is 4.43. The summed E-state index contributed by atoms with van der Waals surface area (Å²) < 4.78 is 5.65. The minimum atomic E-state index is -0.726. The van der Waals surface area contributed by atoms with Crippen molar-refractivity contribution in [2.75, 3.05) is 12.4 Å². The fourth-order valence-corrected chi connectivity index (χ4v) is 3.20. The van der Waals surface area contributed by atoms with Crippen LogP contribution >= 0.6 is 11.8 Å². The highest BCUT2D eigenvalue weighted by Crippen LogP contribution is 2.39. The molecule has 0 fully saturated rings. The third kappa shape index (κ3) is 2.99. The first-order chi connectivity index (χ1) is 8.72. The van der Waals surface area contributed by atoms with Gasteiger partial charge in [0.25, 0.3) is 0 Å². The monoisotopic (exact) mass is 266 g/mol. The number of carbonyl (C=O) groups is 1. The van der Waals surface area contributed by atoms with Crippen LogP contribution in [0.25, 0.3) is 0 Å². The molecule has 2 rings (SSSR count). The second-order valence-corrected chi connectivity index (χ2v) is 5.57. The van der Waals surface area contributed by atoms with Gasteiger partial charge < -0.3 is 9.84 Å². The Bertz CT molecular complexity index is 431. The highest BCUT2D eigenvalue weighted by molar-refractivity contribution is 7.99. The molecule has 1 heterocycles. The lowest BCUT2D eigenvalue weighted by Crippen LogP contribution is -2.16. The number of unbranched alkanes of at least 4 members (excludes halogenated alkanes) is 1. The first-order valence-corrected chi connectivity index (χ1v) is 7.33. The number of fused-ring (bicyclic) bond motifs is 1. The fraction of sp³-hybridized carbons (Fsp3) is 0.500. The van der Waals surface area contributed by atoms with Gasteiger partial charge in [-0.15, -0.1) is 11.8 Å². The number of ether oxygens (including phenoxy) is 1. The van der Waals surface area contributed by atoms with Gasteiger partial charge in [-0.3, -0.25) is 4.79 Å². The van der Waals surface area contributed by atoms with Gasteiger partial charge in [0.2, 0.25) is 0 Å². The van der Waals surface area contributed by atoms with Gasteiger partial charge in [0.1, 0.15) is 5.75 Å². The maximum absolute atomic E-state index is 11.2. The van der Waals surface area contributed by atoms with E-state index in [1.54, 1.807) is 11.8 Å². The van der Waals surface area contributed by atoms with Crippen molar-refractivity contribution < 1.29 is 14.6 Å². The van der Waals surface area contributed by atoms with Crippen LogP contribution in [0.1, 0.15) is 37.7 Å². The summed E-state index contributed by atoms with van der Waals surface area (Å²) in [6.07, 6.45) is 2.87. The van der Waals surface area contributed by atoms with Crippen molar-refractivity contribution in [2.45, 2.75) is 37.0 Å². The van der Waals surface area contributed by atoms with Crippen LogP contribution in [0.5, 0.6) is 5.75 Å².